The third kappa shape index (κ3) is 5.87. The van der Waals surface area contributed by atoms with Gasteiger partial charge in [-0.2, -0.15) is 0 Å². The SMILES string of the molecule is CCCN(C(=O)c1cccc(OC(F)(F)F)c1)C1CCNCC1.Cl. The van der Waals surface area contributed by atoms with Gasteiger partial charge in [0.1, 0.15) is 5.75 Å². The first-order chi connectivity index (χ1) is 10.9. The van der Waals surface area contributed by atoms with Crippen molar-refractivity contribution in [2.45, 2.75) is 38.6 Å². The molecule has 0 aliphatic carbocycles. The molecule has 1 aromatic rings. The molecule has 1 fully saturated rings. The summed E-state index contributed by atoms with van der Waals surface area (Å²) in [6.07, 6.45) is -2.26. The Balaban J connectivity index is 0.00000288. The van der Waals surface area contributed by atoms with Crippen molar-refractivity contribution in [1.82, 2.24) is 10.2 Å². The summed E-state index contributed by atoms with van der Waals surface area (Å²) in [5.41, 5.74) is 0.221. The molecule has 2 rings (SSSR count). The first kappa shape index (κ1) is 20.6. The summed E-state index contributed by atoms with van der Waals surface area (Å²) in [5, 5.41) is 3.24. The third-order valence-electron chi connectivity index (χ3n) is 3.79. The zero-order valence-corrected chi connectivity index (χ0v) is 14.3. The monoisotopic (exact) mass is 366 g/mol. The van der Waals surface area contributed by atoms with Crippen LogP contribution in [0.15, 0.2) is 24.3 Å². The van der Waals surface area contributed by atoms with E-state index in [0.29, 0.717) is 6.54 Å². The van der Waals surface area contributed by atoms with E-state index >= 15 is 0 Å². The first-order valence-electron chi connectivity index (χ1n) is 7.78. The number of hydrogen-bond acceptors (Lipinski definition) is 3. The van der Waals surface area contributed by atoms with E-state index in [1.165, 1.54) is 18.2 Å². The number of alkyl halides is 3. The van der Waals surface area contributed by atoms with Crippen molar-refractivity contribution < 1.29 is 22.7 Å². The molecule has 0 bridgehead atoms. The van der Waals surface area contributed by atoms with Gasteiger partial charge in [0.2, 0.25) is 0 Å². The Morgan fingerprint density at radius 2 is 2.00 bits per heavy atom. The number of carbonyl (C=O) groups is 1. The molecule has 1 N–H and O–H groups in total. The van der Waals surface area contributed by atoms with Gasteiger partial charge in [0.15, 0.2) is 0 Å². The second kappa shape index (κ2) is 9.13. The van der Waals surface area contributed by atoms with Crippen LogP contribution in [-0.2, 0) is 0 Å². The fourth-order valence-electron chi connectivity index (χ4n) is 2.80. The lowest BCUT2D eigenvalue weighted by molar-refractivity contribution is -0.274. The summed E-state index contributed by atoms with van der Waals surface area (Å²) < 4.78 is 40.9. The smallest absolute Gasteiger partial charge is 0.406 e. The minimum atomic E-state index is -4.76. The predicted molar refractivity (Wildman–Crippen MR) is 87.6 cm³/mol. The van der Waals surface area contributed by atoms with Crippen molar-refractivity contribution in [1.29, 1.82) is 0 Å². The Morgan fingerprint density at radius 3 is 2.58 bits per heavy atom. The molecule has 0 saturated carbocycles. The molecule has 1 amide bonds. The Hall–Kier alpha value is -1.47. The molecule has 0 aromatic heterocycles. The van der Waals surface area contributed by atoms with Gasteiger partial charge < -0.3 is 15.0 Å². The molecule has 1 heterocycles. The van der Waals surface area contributed by atoms with Crippen LogP contribution in [0.25, 0.3) is 0 Å². The fraction of sp³-hybridized carbons (Fsp3) is 0.562. The molecule has 4 nitrogen and oxygen atoms in total. The maximum Gasteiger partial charge on any atom is 0.573 e. The van der Waals surface area contributed by atoms with Gasteiger partial charge in [-0.25, -0.2) is 0 Å². The lowest BCUT2D eigenvalue weighted by atomic mass is 10.0. The molecule has 1 aliphatic rings. The van der Waals surface area contributed by atoms with Crippen LogP contribution in [0.2, 0.25) is 0 Å². The van der Waals surface area contributed by atoms with Crippen LogP contribution in [0.1, 0.15) is 36.5 Å². The minimum Gasteiger partial charge on any atom is -0.406 e. The standard InChI is InChI=1S/C16H21F3N2O2.ClH/c1-2-10-21(13-6-8-20-9-7-13)15(22)12-4-3-5-14(11-12)23-16(17,18)19;/h3-5,11,13,20H,2,6-10H2,1H3;1H. The average molecular weight is 367 g/mol. The van der Waals surface area contributed by atoms with Gasteiger partial charge in [0.05, 0.1) is 0 Å². The number of halogens is 4. The van der Waals surface area contributed by atoms with Crippen LogP contribution in [0, 0.1) is 0 Å². The number of benzene rings is 1. The average Bonchev–Trinajstić information content (AvgIpc) is 2.51. The van der Waals surface area contributed by atoms with E-state index in [9.17, 15) is 18.0 Å². The normalized spacial score (nSPS) is 15.5. The minimum absolute atomic E-state index is 0. The van der Waals surface area contributed by atoms with Crippen molar-refractivity contribution in [2.24, 2.45) is 0 Å². The Morgan fingerprint density at radius 1 is 1.33 bits per heavy atom. The Kier molecular flexibility index (Phi) is 7.83. The Labute approximate surface area is 145 Å². The first-order valence-corrected chi connectivity index (χ1v) is 7.78. The lowest BCUT2D eigenvalue weighted by Crippen LogP contribution is -2.46. The highest BCUT2D eigenvalue weighted by Crippen LogP contribution is 2.24. The van der Waals surface area contributed by atoms with Crippen molar-refractivity contribution in [3.63, 3.8) is 0 Å². The quantitative estimate of drug-likeness (QED) is 0.865. The van der Waals surface area contributed by atoms with Gasteiger partial charge in [0.25, 0.3) is 5.91 Å². The van der Waals surface area contributed by atoms with Crippen molar-refractivity contribution in [3.8, 4) is 5.75 Å². The predicted octanol–water partition coefficient (Wildman–Crippen LogP) is 3.61. The molecule has 0 atom stereocenters. The van der Waals surface area contributed by atoms with E-state index in [-0.39, 0.29) is 35.7 Å². The van der Waals surface area contributed by atoms with E-state index in [1.54, 1.807) is 4.90 Å². The second-order valence-electron chi connectivity index (χ2n) is 5.56. The second-order valence-corrected chi connectivity index (χ2v) is 5.56. The number of ether oxygens (including phenoxy) is 1. The zero-order valence-electron chi connectivity index (χ0n) is 13.4. The highest BCUT2D eigenvalue weighted by atomic mass is 35.5. The summed E-state index contributed by atoms with van der Waals surface area (Å²) in [4.78, 5) is 14.5. The van der Waals surface area contributed by atoms with Gasteiger partial charge in [-0.3, -0.25) is 4.79 Å². The Bertz CT molecular complexity index is 534. The summed E-state index contributed by atoms with van der Waals surface area (Å²) in [6.45, 7) is 4.25. The summed E-state index contributed by atoms with van der Waals surface area (Å²) in [5.74, 6) is -0.614. The highest BCUT2D eigenvalue weighted by Gasteiger charge is 2.32. The number of amides is 1. The van der Waals surface area contributed by atoms with Gasteiger partial charge in [0, 0.05) is 18.2 Å². The molecule has 0 unspecified atom stereocenters. The van der Waals surface area contributed by atoms with Crippen LogP contribution < -0.4 is 10.1 Å². The summed E-state index contributed by atoms with van der Waals surface area (Å²) in [7, 11) is 0. The number of nitrogens with one attached hydrogen (secondary N) is 1. The number of carbonyl (C=O) groups excluding carboxylic acids is 1. The maximum absolute atomic E-state index is 12.7. The van der Waals surface area contributed by atoms with Crippen molar-refractivity contribution in [3.05, 3.63) is 29.8 Å². The summed E-state index contributed by atoms with van der Waals surface area (Å²) >= 11 is 0. The highest BCUT2D eigenvalue weighted by molar-refractivity contribution is 5.94. The van der Waals surface area contributed by atoms with Crippen LogP contribution in [-0.4, -0.2) is 42.8 Å². The summed E-state index contributed by atoms with van der Waals surface area (Å²) in [6, 6.07) is 5.39. The number of piperidine rings is 1. The number of rotatable bonds is 5. The van der Waals surface area contributed by atoms with Crippen LogP contribution >= 0.6 is 12.4 Å². The van der Waals surface area contributed by atoms with Gasteiger partial charge in [-0.15, -0.1) is 25.6 Å². The van der Waals surface area contributed by atoms with Gasteiger partial charge in [-0.1, -0.05) is 13.0 Å². The molecule has 1 aromatic carbocycles. The number of nitrogens with zero attached hydrogens (tertiary/aromatic N) is 1. The maximum atomic E-state index is 12.7. The zero-order chi connectivity index (χ0) is 16.9. The molecule has 0 spiro atoms. The van der Waals surface area contributed by atoms with Crippen molar-refractivity contribution in [2.75, 3.05) is 19.6 Å². The molecule has 136 valence electrons. The third-order valence-corrected chi connectivity index (χ3v) is 3.79. The van der Waals surface area contributed by atoms with Gasteiger partial charge in [-0.05, 0) is 50.6 Å². The molecule has 0 radical (unpaired) electrons. The molecule has 1 aliphatic heterocycles. The molecular formula is C16H22ClF3N2O2. The molecule has 1 saturated heterocycles. The van der Waals surface area contributed by atoms with E-state index in [4.69, 9.17) is 0 Å². The van der Waals surface area contributed by atoms with E-state index in [1.807, 2.05) is 6.92 Å². The lowest BCUT2D eigenvalue weighted by Gasteiger charge is -2.34. The number of hydrogen-bond donors (Lipinski definition) is 1. The molecular weight excluding hydrogens is 345 g/mol. The van der Waals surface area contributed by atoms with E-state index < -0.39 is 6.36 Å². The van der Waals surface area contributed by atoms with Crippen molar-refractivity contribution >= 4 is 18.3 Å². The van der Waals surface area contributed by atoms with Crippen LogP contribution in [0.4, 0.5) is 13.2 Å². The van der Waals surface area contributed by atoms with E-state index in [0.717, 1.165) is 38.4 Å². The van der Waals surface area contributed by atoms with E-state index in [2.05, 4.69) is 10.1 Å². The topological polar surface area (TPSA) is 41.6 Å². The fourth-order valence-corrected chi connectivity index (χ4v) is 2.80. The van der Waals surface area contributed by atoms with Gasteiger partial charge >= 0.3 is 6.36 Å². The largest absolute Gasteiger partial charge is 0.573 e. The van der Waals surface area contributed by atoms with Crippen LogP contribution in [0.3, 0.4) is 0 Å². The van der Waals surface area contributed by atoms with Crippen LogP contribution in [0.5, 0.6) is 5.75 Å². The molecule has 24 heavy (non-hydrogen) atoms. The molecule has 8 heteroatoms.